The average molecular weight is 634 g/mol. The molecule has 0 radical (unpaired) electrons. The Morgan fingerprint density at radius 2 is 1.62 bits per heavy atom. The number of hydrogen-bond donors (Lipinski definition) is 6. The zero-order chi connectivity index (χ0) is 32.6. The minimum absolute atomic E-state index is 0.00977. The van der Waals surface area contributed by atoms with Crippen LogP contribution in [0.25, 0.3) is 11.2 Å². The normalized spacial score (nSPS) is 19.6. The summed E-state index contributed by atoms with van der Waals surface area (Å²) in [6.45, 7) is 2.75. The van der Waals surface area contributed by atoms with Crippen molar-refractivity contribution in [3.8, 4) is 0 Å². The molecular weight excluding hydrogens is 578 g/mol. The maximum Gasteiger partial charge on any atom is 0.280 e. The first-order chi connectivity index (χ1) is 21.8. The number of nitrogens with one attached hydrogen (secondary N) is 2. The minimum atomic E-state index is -1.23. The van der Waals surface area contributed by atoms with E-state index in [1.54, 1.807) is 0 Å². The number of aliphatic hydroxyl groups is 2. The number of fused-ring (bicyclic) bond motifs is 1. The fourth-order valence-corrected chi connectivity index (χ4v) is 5.81. The zero-order valence-electron chi connectivity index (χ0n) is 26.9. The van der Waals surface area contributed by atoms with Crippen molar-refractivity contribution < 1.29 is 24.5 Å². The van der Waals surface area contributed by atoms with E-state index in [4.69, 9.17) is 16.2 Å². The lowest BCUT2D eigenvalue weighted by Crippen LogP contribution is -2.38. The van der Waals surface area contributed by atoms with Gasteiger partial charge in [0.25, 0.3) is 5.56 Å². The van der Waals surface area contributed by atoms with Crippen molar-refractivity contribution in [3.05, 3.63) is 16.7 Å². The van der Waals surface area contributed by atoms with Gasteiger partial charge in [-0.2, -0.15) is 4.98 Å². The van der Waals surface area contributed by atoms with Crippen LogP contribution in [0.2, 0.25) is 0 Å². The molecule has 1 saturated heterocycles. The van der Waals surface area contributed by atoms with Crippen molar-refractivity contribution >= 4 is 28.8 Å². The van der Waals surface area contributed by atoms with Gasteiger partial charge in [0, 0.05) is 6.42 Å². The second kappa shape index (κ2) is 19.7. The molecule has 0 bridgehead atoms. The smallest absolute Gasteiger partial charge is 0.280 e. The third-order valence-corrected chi connectivity index (χ3v) is 8.58. The zero-order valence-corrected chi connectivity index (χ0v) is 26.9. The summed E-state index contributed by atoms with van der Waals surface area (Å²) in [5, 5.41) is 23.7. The van der Waals surface area contributed by atoms with Crippen LogP contribution in [-0.2, 0) is 14.3 Å². The van der Waals surface area contributed by atoms with Crippen molar-refractivity contribution in [2.24, 2.45) is 11.5 Å². The van der Waals surface area contributed by atoms with Gasteiger partial charge in [-0.1, -0.05) is 96.8 Å². The molecule has 2 aromatic heterocycles. The molecule has 45 heavy (non-hydrogen) atoms. The van der Waals surface area contributed by atoms with Crippen LogP contribution < -0.4 is 22.3 Å². The van der Waals surface area contributed by atoms with Gasteiger partial charge in [-0.25, -0.2) is 4.98 Å². The third kappa shape index (κ3) is 11.5. The Morgan fingerprint density at radius 1 is 1.02 bits per heavy atom. The van der Waals surface area contributed by atoms with E-state index in [-0.39, 0.29) is 23.5 Å². The van der Waals surface area contributed by atoms with Gasteiger partial charge in [-0.05, 0) is 25.8 Å². The topological polar surface area (TPSA) is 211 Å². The molecule has 3 rings (SSSR count). The number of nitrogens with two attached hydrogens (primary N) is 2. The Labute approximate surface area is 265 Å². The second-order valence-corrected chi connectivity index (χ2v) is 12.4. The first kappa shape index (κ1) is 36.8. The lowest BCUT2D eigenvalue weighted by atomic mass is 9.99. The van der Waals surface area contributed by atoms with Gasteiger partial charge in [0.15, 0.2) is 16.9 Å². The number of ketones is 1. The standard InChI is InChI=1S/C32H55N7O6/c1-2-3-4-5-6-7-8-9-10-11-12-13-14-18-23(40)27(42)28-24(41)20-25(45-28)39-21-35-26-29(39)36-32(38-31(26)44)37-30(43)22(34)17-15-16-19-33/h21-25,28,40-41H,2-20,33-34H2,1H3,(H2,36,37,38,43,44)/t22-,23?,24-,25+,28-/m0/s1. The highest BCUT2D eigenvalue weighted by Gasteiger charge is 2.42. The van der Waals surface area contributed by atoms with Crippen LogP contribution in [0.5, 0.6) is 0 Å². The number of nitrogens with zero attached hydrogens (tertiary/aromatic N) is 3. The van der Waals surface area contributed by atoms with Crippen LogP contribution in [0.4, 0.5) is 5.95 Å². The van der Waals surface area contributed by atoms with E-state index in [0.717, 1.165) is 32.1 Å². The van der Waals surface area contributed by atoms with E-state index in [0.29, 0.717) is 25.8 Å². The van der Waals surface area contributed by atoms with Crippen molar-refractivity contribution in [1.82, 2.24) is 19.5 Å². The molecule has 254 valence electrons. The monoisotopic (exact) mass is 633 g/mol. The highest BCUT2D eigenvalue weighted by Crippen LogP contribution is 2.32. The van der Waals surface area contributed by atoms with Gasteiger partial charge in [-0.15, -0.1) is 0 Å². The molecule has 2 aromatic rings. The Morgan fingerprint density at radius 3 is 2.24 bits per heavy atom. The van der Waals surface area contributed by atoms with Gasteiger partial charge in [0.1, 0.15) is 18.4 Å². The molecule has 1 amide bonds. The van der Waals surface area contributed by atoms with Crippen molar-refractivity contribution in [2.75, 3.05) is 11.9 Å². The molecule has 8 N–H and O–H groups in total. The van der Waals surface area contributed by atoms with Gasteiger partial charge >= 0.3 is 0 Å². The number of unbranched alkanes of at least 4 members (excludes halogenated alkanes) is 13. The number of carbonyl (C=O) groups is 2. The third-order valence-electron chi connectivity index (χ3n) is 8.58. The van der Waals surface area contributed by atoms with Crippen LogP contribution >= 0.6 is 0 Å². The molecule has 1 unspecified atom stereocenters. The molecule has 0 spiro atoms. The summed E-state index contributed by atoms with van der Waals surface area (Å²) < 4.78 is 7.32. The van der Waals surface area contributed by atoms with Crippen LogP contribution in [0.3, 0.4) is 0 Å². The predicted octanol–water partition coefficient (Wildman–Crippen LogP) is 3.57. The van der Waals surface area contributed by atoms with E-state index >= 15 is 0 Å². The Kier molecular flexibility index (Phi) is 16.1. The molecule has 1 aliphatic rings. The van der Waals surface area contributed by atoms with Gasteiger partial charge < -0.3 is 26.4 Å². The number of carbonyl (C=O) groups excluding carboxylic acids is 2. The van der Waals surface area contributed by atoms with Gasteiger partial charge in [0.2, 0.25) is 11.9 Å². The van der Waals surface area contributed by atoms with E-state index in [9.17, 15) is 24.6 Å². The Balaban J connectivity index is 1.44. The number of amides is 1. The minimum Gasteiger partial charge on any atom is -0.390 e. The summed E-state index contributed by atoms with van der Waals surface area (Å²) in [7, 11) is 0. The molecule has 0 aromatic carbocycles. The number of rotatable bonds is 23. The predicted molar refractivity (Wildman–Crippen MR) is 174 cm³/mol. The van der Waals surface area contributed by atoms with Gasteiger partial charge in [0.05, 0.1) is 18.5 Å². The summed E-state index contributed by atoms with van der Waals surface area (Å²) in [6, 6.07) is -0.798. The summed E-state index contributed by atoms with van der Waals surface area (Å²) >= 11 is 0. The summed E-state index contributed by atoms with van der Waals surface area (Å²) in [4.78, 5) is 49.0. The lowest BCUT2D eigenvalue weighted by molar-refractivity contribution is -0.144. The Bertz CT molecular complexity index is 1230. The molecule has 1 fully saturated rings. The van der Waals surface area contributed by atoms with Gasteiger partial charge in [-0.3, -0.25) is 29.3 Å². The number of aromatic nitrogens is 4. The summed E-state index contributed by atoms with van der Waals surface area (Å²) in [5.74, 6) is -1.17. The number of Topliss-reactive ketones (excluding diaryl/α,β-unsaturated/α-hetero) is 1. The molecule has 3 heterocycles. The number of aromatic amines is 1. The summed E-state index contributed by atoms with van der Waals surface area (Å²) in [6.07, 6.45) is 14.8. The fourth-order valence-electron chi connectivity index (χ4n) is 5.81. The molecule has 0 aliphatic carbocycles. The largest absolute Gasteiger partial charge is 0.390 e. The average Bonchev–Trinajstić information content (AvgIpc) is 3.62. The molecule has 5 atom stereocenters. The first-order valence-corrected chi connectivity index (χ1v) is 17.1. The van der Waals surface area contributed by atoms with Crippen LogP contribution in [-0.4, -0.2) is 72.3 Å². The van der Waals surface area contributed by atoms with Crippen LogP contribution in [0, 0.1) is 0 Å². The second-order valence-electron chi connectivity index (χ2n) is 12.4. The molecule has 13 nitrogen and oxygen atoms in total. The van der Waals surface area contributed by atoms with E-state index < -0.39 is 47.8 Å². The molecule has 0 saturated carbocycles. The number of aliphatic hydroxyl groups excluding tert-OH is 2. The van der Waals surface area contributed by atoms with Crippen molar-refractivity contribution in [1.29, 1.82) is 0 Å². The highest BCUT2D eigenvalue weighted by atomic mass is 16.5. The number of anilines is 1. The number of H-pyrrole nitrogens is 1. The Hall–Kier alpha value is -2.71. The SMILES string of the molecule is CCCCCCCCCCCCCCCC(O)C(=O)[C@H]1O[C@@H](n2cnc3c(=O)[nH]c(NC(=O)[C@@H](N)CCCCN)nc32)C[C@@H]1O. The van der Waals surface area contributed by atoms with E-state index in [2.05, 4.69) is 27.2 Å². The maximum atomic E-state index is 13.0. The molecule has 1 aliphatic heterocycles. The van der Waals surface area contributed by atoms with Crippen molar-refractivity contribution in [3.63, 3.8) is 0 Å². The first-order valence-electron chi connectivity index (χ1n) is 17.1. The maximum absolute atomic E-state index is 13.0. The van der Waals surface area contributed by atoms with Crippen LogP contribution in [0.15, 0.2) is 11.1 Å². The number of imidazole rings is 1. The lowest BCUT2D eigenvalue weighted by Gasteiger charge is -2.18. The highest BCUT2D eigenvalue weighted by molar-refractivity contribution is 5.93. The molecular formula is C32H55N7O6. The van der Waals surface area contributed by atoms with Crippen molar-refractivity contribution in [2.45, 2.75) is 153 Å². The summed E-state index contributed by atoms with van der Waals surface area (Å²) in [5.41, 5.74) is 11.0. The quantitative estimate of drug-likeness (QED) is 0.0979. The number of hydrogen-bond acceptors (Lipinski definition) is 10. The van der Waals surface area contributed by atoms with Crippen LogP contribution in [0.1, 0.15) is 129 Å². The van der Waals surface area contributed by atoms with E-state index in [1.165, 1.54) is 68.7 Å². The number of ether oxygens (including phenoxy) is 1. The fraction of sp³-hybridized carbons (Fsp3) is 0.781. The molecule has 13 heteroatoms. The van der Waals surface area contributed by atoms with E-state index in [1.807, 2.05) is 0 Å².